The second-order valence-corrected chi connectivity index (χ2v) is 21.1. The van der Waals surface area contributed by atoms with Crippen LogP contribution in [0.1, 0.15) is 44.5 Å². The highest BCUT2D eigenvalue weighted by atomic mass is 15.4. The molecule has 0 saturated carbocycles. The Morgan fingerprint density at radius 2 is 0.690 bits per heavy atom. The van der Waals surface area contributed by atoms with Gasteiger partial charge in [-0.05, 0) is 118 Å². The fourth-order valence-corrected chi connectivity index (χ4v) is 12.4. The Morgan fingerprint density at radius 3 is 1.17 bits per heavy atom. The van der Waals surface area contributed by atoms with E-state index in [-0.39, 0.29) is 0 Å². The van der Waals surface area contributed by atoms with Crippen LogP contribution in [0.15, 0.2) is 146 Å². The van der Waals surface area contributed by atoms with Gasteiger partial charge in [0.1, 0.15) is 44.8 Å². The Hall–Kier alpha value is -12.4. The predicted molar refractivity (Wildman–Crippen MR) is 319 cm³/mol. The van der Waals surface area contributed by atoms with Gasteiger partial charge < -0.3 is 0 Å². The molecule has 4 aliphatic heterocycles. The summed E-state index contributed by atoms with van der Waals surface area (Å²) in [5.74, 6) is 0. The van der Waals surface area contributed by atoms with Crippen LogP contribution in [0.5, 0.6) is 0 Å². The zero-order valence-electron chi connectivity index (χ0n) is 45.8. The van der Waals surface area contributed by atoms with E-state index in [1.54, 1.807) is 24.3 Å². The van der Waals surface area contributed by atoms with Gasteiger partial charge in [-0.1, -0.05) is 53.6 Å². The van der Waals surface area contributed by atoms with Crippen LogP contribution in [0.4, 0.5) is 45.5 Å². The van der Waals surface area contributed by atoms with Crippen molar-refractivity contribution in [3.63, 3.8) is 0 Å². The van der Waals surface area contributed by atoms with E-state index < -0.39 is 0 Å². The molecule has 84 heavy (non-hydrogen) atoms. The molecule has 16 rings (SSSR count). The number of aryl methyl sites for hydroxylation is 4. The first-order chi connectivity index (χ1) is 40.8. The smallest absolute Gasteiger partial charge is 0.207 e. The van der Waals surface area contributed by atoms with Crippen LogP contribution in [0.25, 0.3) is 105 Å². The fraction of sp³-hybridized carbons (Fsp3) is 0.118. The van der Waals surface area contributed by atoms with Gasteiger partial charge in [-0.3, -0.25) is 0 Å². The lowest BCUT2D eigenvalue weighted by atomic mass is 10.0. The van der Waals surface area contributed by atoms with E-state index >= 15 is 0 Å². The van der Waals surface area contributed by atoms with Crippen LogP contribution >= 0.6 is 0 Å². The summed E-state index contributed by atoms with van der Waals surface area (Å²) in [6, 6.07) is 39.4. The summed E-state index contributed by atoms with van der Waals surface area (Å²) >= 11 is 0. The van der Waals surface area contributed by atoms with Crippen molar-refractivity contribution in [2.24, 2.45) is 0 Å². The number of para-hydroxylation sites is 1. The molecule has 0 bridgehead atoms. The lowest BCUT2D eigenvalue weighted by molar-refractivity contribution is -0.749. The Kier molecular flexibility index (Phi) is 12.0. The van der Waals surface area contributed by atoms with Crippen molar-refractivity contribution < 1.29 is 18.7 Å². The Bertz CT molecular complexity index is 5310. The Labute approximate surface area is 482 Å². The maximum Gasteiger partial charge on any atom is 0.207 e. The molecule has 0 atom stereocenters. The minimum atomic E-state index is 0.515. The van der Waals surface area contributed by atoms with Crippen LogP contribution in [0.2, 0.25) is 0 Å². The van der Waals surface area contributed by atoms with Gasteiger partial charge in [0, 0.05) is 43.8 Å². The highest BCUT2D eigenvalue weighted by Gasteiger charge is 2.34. The van der Waals surface area contributed by atoms with Crippen LogP contribution in [0.3, 0.4) is 0 Å². The topological polar surface area (TPSA) is 70.1 Å². The summed E-state index contributed by atoms with van der Waals surface area (Å²) < 4.78 is 16.8. The van der Waals surface area contributed by atoms with Gasteiger partial charge in [0.25, 0.3) is 0 Å². The van der Waals surface area contributed by atoms with E-state index in [0.717, 1.165) is 86.9 Å². The van der Waals surface area contributed by atoms with E-state index in [2.05, 4.69) is 165 Å². The summed E-state index contributed by atoms with van der Waals surface area (Å²) in [6.07, 6.45) is 8.09. The average molecular weight is 1090 g/mol. The maximum atomic E-state index is 7.47. The third kappa shape index (κ3) is 8.13. The number of hydrogen-bond acceptors (Lipinski definition) is 0. The third-order valence-electron chi connectivity index (χ3n) is 15.7. The fourth-order valence-electron chi connectivity index (χ4n) is 12.4. The standard InChI is InChI=1S/C18H13N4.2C17H11N4.C16H9N4/c1-11-5-12(2)17-13(6-11)9-21-10-14-7-15(19-3)8-16(20-4)18(14)22(17)21;1-11-4-5-16-12(6-11)9-20-10-13-7-14(18-2)8-15(19-3)17(13)21(16)20;1-11-4-5-12-9-20-10-13-7-14(18-2)8-15(19-3)17(13)21(20)16(12)6-11;1-17-13-7-12-10-19-9-11-5-3-4-6-15(11)20(19)16(12)14(8-13)18-2/h5-8,10H,9H2,1-2H3;2*4-8,10H,9H2,1H3;3-8,10H,9H2/q4*+1. The lowest BCUT2D eigenvalue weighted by Gasteiger charge is -2.05. The molecule has 8 heterocycles. The molecule has 0 N–H and O–H groups in total. The monoisotopic (exact) mass is 1080 g/mol. The number of hydrogen-bond donors (Lipinski definition) is 0. The van der Waals surface area contributed by atoms with Crippen molar-refractivity contribution in [2.75, 3.05) is 0 Å². The van der Waals surface area contributed by atoms with Crippen molar-refractivity contribution in [1.82, 2.24) is 18.7 Å². The first-order valence-corrected chi connectivity index (χ1v) is 26.6. The van der Waals surface area contributed by atoms with Gasteiger partial charge in [0.2, 0.25) is 47.5 Å². The van der Waals surface area contributed by atoms with Gasteiger partial charge in [0.15, 0.2) is 48.9 Å². The number of rotatable bonds is 0. The molecule has 8 aromatic carbocycles. The number of aromatic nitrogens is 8. The molecule has 0 amide bonds. The van der Waals surface area contributed by atoms with Gasteiger partial charge >= 0.3 is 0 Å². The molecule has 0 aliphatic carbocycles. The minimum absolute atomic E-state index is 0.515. The van der Waals surface area contributed by atoms with Crippen molar-refractivity contribution in [1.29, 1.82) is 0 Å². The largest absolute Gasteiger partial charge is 0.239 e. The molecular weight excluding hydrogens is 1040 g/mol. The molecule has 4 aliphatic rings. The lowest BCUT2D eigenvalue weighted by Crippen LogP contribution is -2.36. The number of nitrogens with zero attached hydrogens (tertiary/aromatic N) is 16. The summed E-state index contributed by atoms with van der Waals surface area (Å²) in [7, 11) is 0. The van der Waals surface area contributed by atoms with E-state index in [1.165, 1.54) is 50.2 Å². The van der Waals surface area contributed by atoms with E-state index in [9.17, 15) is 0 Å². The zero-order valence-corrected chi connectivity index (χ0v) is 45.8. The predicted octanol–water partition coefficient (Wildman–Crippen LogP) is 14.8. The van der Waals surface area contributed by atoms with E-state index in [4.69, 9.17) is 52.6 Å². The van der Waals surface area contributed by atoms with Crippen molar-refractivity contribution >= 4 is 89.1 Å². The first kappa shape index (κ1) is 51.0. The molecule has 392 valence electrons. The van der Waals surface area contributed by atoms with Crippen LogP contribution < -0.4 is 18.7 Å². The molecule has 12 aromatic rings. The van der Waals surface area contributed by atoms with Crippen LogP contribution in [-0.4, -0.2) is 18.7 Å². The summed E-state index contributed by atoms with van der Waals surface area (Å²) in [5, 5.41) is 3.78. The van der Waals surface area contributed by atoms with E-state index in [0.29, 0.717) is 45.5 Å². The number of fused-ring (bicyclic) bond motifs is 20. The Balaban J connectivity index is 0.000000105. The van der Waals surface area contributed by atoms with Crippen LogP contribution in [0, 0.1) is 80.3 Å². The normalized spacial score (nSPS) is 11.8. The van der Waals surface area contributed by atoms with Crippen molar-refractivity contribution in [3.8, 4) is 22.7 Å². The van der Waals surface area contributed by atoms with Gasteiger partial charge in [-0.15, -0.1) is 37.5 Å². The molecule has 4 aromatic heterocycles. The first-order valence-electron chi connectivity index (χ1n) is 26.6. The molecule has 0 spiro atoms. The highest BCUT2D eigenvalue weighted by molar-refractivity contribution is 5.98. The Morgan fingerprint density at radius 1 is 0.321 bits per heavy atom. The molecule has 16 nitrogen and oxygen atoms in total. The van der Waals surface area contributed by atoms with Gasteiger partial charge in [-0.25, -0.2) is 38.8 Å². The summed E-state index contributed by atoms with van der Waals surface area (Å²) in [6.45, 7) is 69.9. The molecule has 0 radical (unpaired) electrons. The SMILES string of the molecule is [C-]#[N+]c1cc([N+]#[C-])c2c(c1)c[n+]1n2-c2c(C)cc(C)cc2C1.[C-]#[N+]c1cc([N+]#[C-])c2c(c1)c[n+]1n2-c2cc(C)ccc2C1.[C-]#[N+]c1cc([N+]#[C-])c2c(c1)c[n+]1n2-c2ccc(C)cc2C1.[C-]#[N+]c1cc([N+]#[C-])c2c(c1)c[n+]1n2-c2ccccc2C1. The summed E-state index contributed by atoms with van der Waals surface area (Å²) in [5.41, 5.74) is 22.3. The van der Waals surface area contributed by atoms with Crippen molar-refractivity contribution in [3.05, 3.63) is 282 Å². The number of benzene rings is 8. The molecular formula is C68H44N16+4. The third-order valence-corrected chi connectivity index (χ3v) is 15.7. The van der Waals surface area contributed by atoms with E-state index in [1.807, 2.05) is 61.2 Å². The van der Waals surface area contributed by atoms with Crippen molar-refractivity contribution in [2.45, 2.75) is 53.9 Å². The van der Waals surface area contributed by atoms with Gasteiger partial charge in [0.05, 0.1) is 52.6 Å². The van der Waals surface area contributed by atoms with Gasteiger partial charge in [-0.2, -0.15) is 0 Å². The molecule has 0 unspecified atom stereocenters. The quantitative estimate of drug-likeness (QED) is 0.107. The second-order valence-electron chi connectivity index (χ2n) is 21.1. The molecule has 0 fully saturated rings. The molecule has 16 heteroatoms. The zero-order chi connectivity index (χ0) is 58.2. The average Bonchev–Trinajstić information content (AvgIpc) is 1.96. The summed E-state index contributed by atoms with van der Waals surface area (Å²) in [4.78, 5) is 28.3. The molecule has 0 saturated heterocycles. The second kappa shape index (κ2) is 19.7. The minimum Gasteiger partial charge on any atom is -0.239 e. The maximum absolute atomic E-state index is 7.47. The van der Waals surface area contributed by atoms with Crippen LogP contribution in [-0.2, 0) is 26.2 Å². The highest BCUT2D eigenvalue weighted by Crippen LogP contribution is 2.40.